The molecule has 0 aliphatic heterocycles. The highest BCUT2D eigenvalue weighted by Crippen LogP contribution is 2.14. The highest BCUT2D eigenvalue weighted by molar-refractivity contribution is 7.80. The Balaban J connectivity index is 1.74. The summed E-state index contributed by atoms with van der Waals surface area (Å²) in [5.74, 6) is 1.23. The molecular formula is C24H29N3O4S. The molecule has 0 saturated carbocycles. The highest BCUT2D eigenvalue weighted by Gasteiger charge is 2.07. The molecule has 0 atom stereocenters. The van der Waals surface area contributed by atoms with Gasteiger partial charge < -0.3 is 9.47 Å². The first-order chi connectivity index (χ1) is 15.4. The zero-order valence-corrected chi connectivity index (χ0v) is 19.3. The standard InChI is InChI=1S/C24H29N3O4S/c1-4-30-20-10-5-18(6-11-20)7-14-22(28)25-24(32)27-26-23(29)19-8-12-21(13-9-19)31-16-15-17(2)3/h5-14,17H,4,15-16H2,1-3H3,(H,26,29)(H2,25,27,28,32)/b14-7+. The Morgan fingerprint density at radius 1 is 0.969 bits per heavy atom. The van der Waals surface area contributed by atoms with Crippen molar-refractivity contribution >= 4 is 35.2 Å². The normalized spacial score (nSPS) is 10.6. The first-order valence-electron chi connectivity index (χ1n) is 10.4. The molecule has 0 radical (unpaired) electrons. The number of hydrazine groups is 1. The Hall–Kier alpha value is -3.39. The summed E-state index contributed by atoms with van der Waals surface area (Å²) in [5.41, 5.74) is 6.23. The van der Waals surface area contributed by atoms with Crippen LogP contribution in [0, 0.1) is 5.92 Å². The van der Waals surface area contributed by atoms with E-state index in [0.717, 1.165) is 17.7 Å². The number of amides is 2. The van der Waals surface area contributed by atoms with Gasteiger partial charge in [0.05, 0.1) is 13.2 Å². The molecule has 170 valence electrons. The molecule has 0 unspecified atom stereocenters. The van der Waals surface area contributed by atoms with E-state index in [1.165, 1.54) is 6.08 Å². The molecule has 8 heteroatoms. The number of hydrogen-bond acceptors (Lipinski definition) is 5. The van der Waals surface area contributed by atoms with Gasteiger partial charge in [0.1, 0.15) is 11.5 Å². The second-order valence-corrected chi connectivity index (χ2v) is 7.70. The van der Waals surface area contributed by atoms with Crippen LogP contribution < -0.4 is 25.6 Å². The van der Waals surface area contributed by atoms with Crippen LogP contribution in [0.4, 0.5) is 0 Å². The minimum Gasteiger partial charge on any atom is -0.494 e. The number of rotatable bonds is 9. The van der Waals surface area contributed by atoms with Crippen molar-refractivity contribution in [3.05, 3.63) is 65.7 Å². The lowest BCUT2D eigenvalue weighted by Gasteiger charge is -2.11. The lowest BCUT2D eigenvalue weighted by molar-refractivity contribution is -0.115. The van der Waals surface area contributed by atoms with E-state index in [1.807, 2.05) is 31.2 Å². The first-order valence-corrected chi connectivity index (χ1v) is 10.8. The molecule has 0 aromatic heterocycles. The van der Waals surface area contributed by atoms with Crippen molar-refractivity contribution in [1.82, 2.24) is 16.2 Å². The van der Waals surface area contributed by atoms with E-state index in [9.17, 15) is 9.59 Å². The number of benzene rings is 2. The zero-order chi connectivity index (χ0) is 23.3. The Kier molecular flexibility index (Phi) is 10.2. The van der Waals surface area contributed by atoms with E-state index < -0.39 is 5.91 Å². The van der Waals surface area contributed by atoms with Crippen LogP contribution in [-0.4, -0.2) is 30.1 Å². The van der Waals surface area contributed by atoms with Gasteiger partial charge in [-0.25, -0.2) is 0 Å². The molecule has 7 nitrogen and oxygen atoms in total. The minimum atomic E-state index is -0.423. The van der Waals surface area contributed by atoms with Crippen LogP contribution in [0.2, 0.25) is 0 Å². The molecular weight excluding hydrogens is 426 g/mol. The summed E-state index contributed by atoms with van der Waals surface area (Å²) in [7, 11) is 0. The molecule has 0 fully saturated rings. The van der Waals surface area contributed by atoms with Gasteiger partial charge in [-0.05, 0) is 79.5 Å². The van der Waals surface area contributed by atoms with Crippen LogP contribution >= 0.6 is 12.2 Å². The van der Waals surface area contributed by atoms with Gasteiger partial charge in [0.2, 0.25) is 5.91 Å². The lowest BCUT2D eigenvalue weighted by Crippen LogP contribution is -2.48. The molecule has 32 heavy (non-hydrogen) atoms. The van der Waals surface area contributed by atoms with Crippen molar-refractivity contribution in [1.29, 1.82) is 0 Å². The van der Waals surface area contributed by atoms with Gasteiger partial charge in [-0.3, -0.25) is 25.8 Å². The second-order valence-electron chi connectivity index (χ2n) is 7.29. The number of hydrogen-bond donors (Lipinski definition) is 3. The maximum Gasteiger partial charge on any atom is 0.269 e. The first kappa shape index (κ1) is 24.9. The SMILES string of the molecule is CCOc1ccc(/C=C/C(=O)NC(=S)NNC(=O)c2ccc(OCCC(C)C)cc2)cc1. The number of carbonyl (C=O) groups excluding carboxylic acids is 2. The summed E-state index contributed by atoms with van der Waals surface area (Å²) in [6.45, 7) is 7.41. The third-order valence-corrected chi connectivity index (χ3v) is 4.43. The van der Waals surface area contributed by atoms with E-state index in [4.69, 9.17) is 21.7 Å². The smallest absolute Gasteiger partial charge is 0.269 e. The van der Waals surface area contributed by atoms with Crippen molar-refractivity contribution in [2.45, 2.75) is 27.2 Å². The van der Waals surface area contributed by atoms with Crippen molar-refractivity contribution in [2.75, 3.05) is 13.2 Å². The van der Waals surface area contributed by atoms with E-state index in [0.29, 0.717) is 30.4 Å². The van der Waals surface area contributed by atoms with Crippen molar-refractivity contribution < 1.29 is 19.1 Å². The average molecular weight is 456 g/mol. The van der Waals surface area contributed by atoms with Gasteiger partial charge in [0.15, 0.2) is 5.11 Å². The monoisotopic (exact) mass is 455 g/mol. The number of thiocarbonyl (C=S) groups is 1. The Morgan fingerprint density at radius 3 is 2.22 bits per heavy atom. The third kappa shape index (κ3) is 9.18. The molecule has 0 saturated heterocycles. The van der Waals surface area contributed by atoms with Crippen molar-refractivity contribution in [3.8, 4) is 11.5 Å². The van der Waals surface area contributed by atoms with E-state index in [2.05, 4.69) is 30.0 Å². The highest BCUT2D eigenvalue weighted by atomic mass is 32.1. The fourth-order valence-corrected chi connectivity index (χ4v) is 2.65. The maximum absolute atomic E-state index is 12.2. The van der Waals surface area contributed by atoms with Crippen LogP contribution in [0.3, 0.4) is 0 Å². The molecule has 2 amide bonds. The fraction of sp³-hybridized carbons (Fsp3) is 0.292. The quantitative estimate of drug-likeness (QED) is 0.302. The summed E-state index contributed by atoms with van der Waals surface area (Å²) < 4.78 is 11.0. The third-order valence-electron chi connectivity index (χ3n) is 4.22. The number of nitrogens with one attached hydrogen (secondary N) is 3. The molecule has 2 rings (SSSR count). The number of carbonyl (C=O) groups is 2. The summed E-state index contributed by atoms with van der Waals surface area (Å²) in [6.07, 6.45) is 3.96. The van der Waals surface area contributed by atoms with E-state index in [1.54, 1.807) is 30.3 Å². The molecule has 2 aromatic rings. The fourth-order valence-electron chi connectivity index (χ4n) is 2.50. The predicted octanol–water partition coefficient (Wildman–Crippen LogP) is 3.86. The van der Waals surface area contributed by atoms with Gasteiger partial charge in [0.25, 0.3) is 5.91 Å². The molecule has 0 heterocycles. The van der Waals surface area contributed by atoms with Crippen LogP contribution in [0.1, 0.15) is 43.1 Å². The van der Waals surface area contributed by atoms with Gasteiger partial charge in [-0.1, -0.05) is 26.0 Å². The van der Waals surface area contributed by atoms with Gasteiger partial charge in [-0.2, -0.15) is 0 Å². The van der Waals surface area contributed by atoms with Crippen LogP contribution in [0.5, 0.6) is 11.5 Å². The largest absolute Gasteiger partial charge is 0.494 e. The van der Waals surface area contributed by atoms with Crippen LogP contribution in [0.25, 0.3) is 6.08 Å². The maximum atomic E-state index is 12.2. The Bertz CT molecular complexity index is 925. The summed E-state index contributed by atoms with van der Waals surface area (Å²) >= 11 is 5.04. The summed E-state index contributed by atoms with van der Waals surface area (Å²) in [6, 6.07) is 14.1. The Labute approximate surface area is 194 Å². The molecule has 0 aliphatic carbocycles. The van der Waals surface area contributed by atoms with Crippen molar-refractivity contribution in [3.63, 3.8) is 0 Å². The van der Waals surface area contributed by atoms with Crippen LogP contribution in [0.15, 0.2) is 54.6 Å². The molecule has 0 bridgehead atoms. The molecule has 2 aromatic carbocycles. The minimum absolute atomic E-state index is 0.0201. The zero-order valence-electron chi connectivity index (χ0n) is 18.5. The van der Waals surface area contributed by atoms with Crippen LogP contribution in [-0.2, 0) is 4.79 Å². The summed E-state index contributed by atoms with van der Waals surface area (Å²) in [5, 5.41) is 2.45. The van der Waals surface area contributed by atoms with Gasteiger partial charge in [-0.15, -0.1) is 0 Å². The molecule has 3 N–H and O–H groups in total. The Morgan fingerprint density at radius 2 is 1.59 bits per heavy atom. The van der Waals surface area contributed by atoms with Gasteiger partial charge >= 0.3 is 0 Å². The summed E-state index contributed by atoms with van der Waals surface area (Å²) in [4.78, 5) is 24.2. The van der Waals surface area contributed by atoms with Crippen molar-refractivity contribution in [2.24, 2.45) is 5.92 Å². The van der Waals surface area contributed by atoms with Gasteiger partial charge in [0, 0.05) is 11.6 Å². The van der Waals surface area contributed by atoms with E-state index in [-0.39, 0.29) is 11.0 Å². The average Bonchev–Trinajstić information content (AvgIpc) is 2.77. The lowest BCUT2D eigenvalue weighted by atomic mass is 10.1. The molecule has 0 spiro atoms. The predicted molar refractivity (Wildman–Crippen MR) is 129 cm³/mol. The number of ether oxygens (including phenoxy) is 2. The van der Waals surface area contributed by atoms with E-state index >= 15 is 0 Å². The topological polar surface area (TPSA) is 88.7 Å². The molecule has 0 aliphatic rings. The second kappa shape index (κ2) is 13.1.